The van der Waals surface area contributed by atoms with Gasteiger partial charge in [-0.15, -0.1) is 11.3 Å². The van der Waals surface area contributed by atoms with Crippen molar-refractivity contribution < 1.29 is 9.53 Å². The molecule has 0 bridgehead atoms. The van der Waals surface area contributed by atoms with Crippen LogP contribution in [0.25, 0.3) is 0 Å². The molecule has 1 aliphatic rings. The highest BCUT2D eigenvalue weighted by Gasteiger charge is 2.25. The number of morpholine rings is 1. The van der Waals surface area contributed by atoms with Crippen molar-refractivity contribution in [3.63, 3.8) is 0 Å². The number of anilines is 1. The van der Waals surface area contributed by atoms with Gasteiger partial charge in [-0.2, -0.15) is 0 Å². The van der Waals surface area contributed by atoms with E-state index in [-0.39, 0.29) is 11.3 Å². The zero-order valence-corrected chi connectivity index (χ0v) is 13.4. The number of carbonyl (C=O) groups excluding carboxylic acids is 1. The molecule has 0 unspecified atom stereocenters. The third-order valence-corrected chi connectivity index (χ3v) is 3.86. The Morgan fingerprint density at radius 1 is 1.60 bits per heavy atom. The van der Waals surface area contributed by atoms with E-state index in [1.165, 1.54) is 11.3 Å². The predicted molar refractivity (Wildman–Crippen MR) is 81.1 cm³/mol. The smallest absolute Gasteiger partial charge is 0.256 e. The van der Waals surface area contributed by atoms with Crippen LogP contribution in [0.4, 0.5) is 5.13 Å². The molecule has 0 aromatic carbocycles. The maximum atomic E-state index is 12.1. The van der Waals surface area contributed by atoms with Crippen LogP contribution in [0, 0.1) is 5.41 Å². The number of hydrogen-bond acceptors (Lipinski definition) is 5. The molecule has 0 spiro atoms. The Balaban J connectivity index is 1.91. The van der Waals surface area contributed by atoms with Gasteiger partial charge in [-0.05, 0) is 18.9 Å². The van der Waals surface area contributed by atoms with E-state index in [1.54, 1.807) is 0 Å². The number of nitrogens with zero attached hydrogens (tertiary/aromatic N) is 2. The summed E-state index contributed by atoms with van der Waals surface area (Å²) in [6.07, 6.45) is 0.505. The van der Waals surface area contributed by atoms with Crippen molar-refractivity contribution in [1.29, 1.82) is 0 Å². The van der Waals surface area contributed by atoms with Crippen LogP contribution in [-0.4, -0.2) is 48.6 Å². The Kier molecular flexibility index (Phi) is 4.78. The summed E-state index contributed by atoms with van der Waals surface area (Å²) in [5, 5.41) is 5.52. The average molecular weight is 297 g/mol. The molecule has 1 atom stereocenters. The monoisotopic (exact) mass is 297 g/mol. The van der Waals surface area contributed by atoms with Gasteiger partial charge in [0, 0.05) is 18.5 Å². The van der Waals surface area contributed by atoms with Crippen molar-refractivity contribution >= 4 is 22.4 Å². The third kappa shape index (κ3) is 4.54. The standard InChI is InChI=1S/C14H23N3O2S/c1-14(2,3)7-10-9-20-13(15-10)16-12(18)11-8-17(4)5-6-19-11/h9,11H,5-8H2,1-4H3,(H,15,16,18)/t11-/m0/s1. The molecule has 1 fully saturated rings. The lowest BCUT2D eigenvalue weighted by Crippen LogP contribution is -2.46. The number of rotatable bonds is 3. The van der Waals surface area contributed by atoms with Gasteiger partial charge in [0.05, 0.1) is 12.3 Å². The van der Waals surface area contributed by atoms with Gasteiger partial charge in [-0.1, -0.05) is 20.8 Å². The van der Waals surface area contributed by atoms with Gasteiger partial charge in [-0.3, -0.25) is 10.1 Å². The first kappa shape index (κ1) is 15.4. The fourth-order valence-corrected chi connectivity index (χ4v) is 2.82. The lowest BCUT2D eigenvalue weighted by Gasteiger charge is -2.28. The van der Waals surface area contributed by atoms with Crippen molar-refractivity contribution in [1.82, 2.24) is 9.88 Å². The fraction of sp³-hybridized carbons (Fsp3) is 0.714. The van der Waals surface area contributed by atoms with E-state index in [9.17, 15) is 4.79 Å². The minimum atomic E-state index is -0.399. The summed E-state index contributed by atoms with van der Waals surface area (Å²) in [6, 6.07) is 0. The first-order valence-electron chi connectivity index (χ1n) is 6.89. The highest BCUT2D eigenvalue weighted by Crippen LogP contribution is 2.24. The molecule has 1 amide bonds. The van der Waals surface area contributed by atoms with Crippen LogP contribution in [0.1, 0.15) is 26.5 Å². The molecule has 1 aromatic heterocycles. The molecule has 0 aliphatic carbocycles. The number of amides is 1. The van der Waals surface area contributed by atoms with Crippen LogP contribution < -0.4 is 5.32 Å². The van der Waals surface area contributed by atoms with Gasteiger partial charge in [0.15, 0.2) is 5.13 Å². The van der Waals surface area contributed by atoms with Crippen LogP contribution >= 0.6 is 11.3 Å². The zero-order valence-electron chi connectivity index (χ0n) is 12.6. The number of thiazole rings is 1. The van der Waals surface area contributed by atoms with Crippen LogP contribution in [0.5, 0.6) is 0 Å². The molecule has 5 nitrogen and oxygen atoms in total. The van der Waals surface area contributed by atoms with Crippen LogP contribution in [-0.2, 0) is 16.0 Å². The lowest BCUT2D eigenvalue weighted by atomic mass is 9.91. The summed E-state index contributed by atoms with van der Waals surface area (Å²) in [4.78, 5) is 18.7. The number of likely N-dealkylation sites (N-methyl/N-ethyl adjacent to an activating group) is 1. The van der Waals surface area contributed by atoms with Gasteiger partial charge in [0.1, 0.15) is 6.10 Å². The summed E-state index contributed by atoms with van der Waals surface area (Å²) < 4.78 is 5.49. The van der Waals surface area contributed by atoms with Gasteiger partial charge in [0.2, 0.25) is 0 Å². The highest BCUT2D eigenvalue weighted by molar-refractivity contribution is 7.13. The molecular formula is C14H23N3O2S. The number of carbonyl (C=O) groups is 1. The Morgan fingerprint density at radius 2 is 2.35 bits per heavy atom. The van der Waals surface area contributed by atoms with Crippen LogP contribution in [0.15, 0.2) is 5.38 Å². The molecule has 0 radical (unpaired) electrons. The van der Waals surface area contributed by atoms with E-state index >= 15 is 0 Å². The summed E-state index contributed by atoms with van der Waals surface area (Å²) in [5.74, 6) is -0.104. The van der Waals surface area contributed by atoms with Crippen molar-refractivity contribution in [3.05, 3.63) is 11.1 Å². The fourth-order valence-electron chi connectivity index (χ4n) is 2.11. The van der Waals surface area contributed by atoms with Gasteiger partial charge in [0.25, 0.3) is 5.91 Å². The van der Waals surface area contributed by atoms with Gasteiger partial charge < -0.3 is 9.64 Å². The second-order valence-electron chi connectivity index (χ2n) is 6.49. The Bertz CT molecular complexity index is 467. The zero-order chi connectivity index (χ0) is 14.8. The largest absolute Gasteiger partial charge is 0.366 e. The number of aromatic nitrogens is 1. The first-order chi connectivity index (χ1) is 9.33. The normalized spacial score (nSPS) is 20.9. The molecule has 20 heavy (non-hydrogen) atoms. The Labute approximate surface area is 124 Å². The maximum Gasteiger partial charge on any atom is 0.256 e. The molecule has 1 N–H and O–H groups in total. The summed E-state index contributed by atoms with van der Waals surface area (Å²) >= 11 is 1.47. The van der Waals surface area contributed by atoms with Crippen molar-refractivity contribution in [2.24, 2.45) is 5.41 Å². The molecule has 112 valence electrons. The molecule has 1 aromatic rings. The summed E-state index contributed by atoms with van der Waals surface area (Å²) in [7, 11) is 1.99. The molecule has 1 saturated heterocycles. The van der Waals surface area contributed by atoms with Crippen LogP contribution in [0.2, 0.25) is 0 Å². The summed E-state index contributed by atoms with van der Waals surface area (Å²) in [6.45, 7) is 8.63. The minimum Gasteiger partial charge on any atom is -0.366 e. The van der Waals surface area contributed by atoms with E-state index < -0.39 is 6.10 Å². The second kappa shape index (κ2) is 6.20. The van der Waals surface area contributed by atoms with Crippen molar-refractivity contribution in [2.45, 2.75) is 33.3 Å². The van der Waals surface area contributed by atoms with Crippen LogP contribution in [0.3, 0.4) is 0 Å². The minimum absolute atomic E-state index is 0.104. The molecular weight excluding hydrogens is 274 g/mol. The van der Waals surface area contributed by atoms with Gasteiger partial charge in [-0.25, -0.2) is 4.98 Å². The van der Waals surface area contributed by atoms with E-state index in [1.807, 2.05) is 12.4 Å². The molecule has 2 rings (SSSR count). The van der Waals surface area contributed by atoms with E-state index in [0.717, 1.165) is 18.7 Å². The highest BCUT2D eigenvalue weighted by atomic mass is 32.1. The number of ether oxygens (including phenoxy) is 1. The van der Waals surface area contributed by atoms with E-state index in [2.05, 4.69) is 36.0 Å². The Morgan fingerprint density at radius 3 is 3.00 bits per heavy atom. The number of nitrogens with one attached hydrogen (secondary N) is 1. The SMILES string of the molecule is CN1CCO[C@H](C(=O)Nc2nc(CC(C)(C)C)cs2)C1. The number of hydrogen-bond donors (Lipinski definition) is 1. The maximum absolute atomic E-state index is 12.1. The lowest BCUT2D eigenvalue weighted by molar-refractivity contribution is -0.132. The van der Waals surface area contributed by atoms with Crippen molar-refractivity contribution in [3.8, 4) is 0 Å². The predicted octanol–water partition coefficient (Wildman–Crippen LogP) is 2.00. The molecule has 6 heteroatoms. The topological polar surface area (TPSA) is 54.5 Å². The average Bonchev–Trinajstić information content (AvgIpc) is 2.74. The molecule has 1 aliphatic heterocycles. The third-order valence-electron chi connectivity index (χ3n) is 3.06. The molecule has 2 heterocycles. The molecule has 0 saturated carbocycles. The Hall–Kier alpha value is -0.980. The van der Waals surface area contributed by atoms with E-state index in [4.69, 9.17) is 4.74 Å². The van der Waals surface area contributed by atoms with Crippen molar-refractivity contribution in [2.75, 3.05) is 32.1 Å². The summed E-state index contributed by atoms with van der Waals surface area (Å²) in [5.41, 5.74) is 1.23. The first-order valence-corrected chi connectivity index (χ1v) is 7.77. The van der Waals surface area contributed by atoms with Gasteiger partial charge >= 0.3 is 0 Å². The second-order valence-corrected chi connectivity index (χ2v) is 7.35. The van der Waals surface area contributed by atoms with E-state index in [0.29, 0.717) is 18.3 Å². The quantitative estimate of drug-likeness (QED) is 0.927.